The lowest BCUT2D eigenvalue weighted by molar-refractivity contribution is -0.392. The number of imidazole rings is 1. The fourth-order valence-electron chi connectivity index (χ4n) is 3.13. The summed E-state index contributed by atoms with van der Waals surface area (Å²) in [5, 5.41) is 19.3. The fraction of sp³-hybridized carbons (Fsp3) is 0.625. The molecule has 1 aliphatic heterocycles. The smallest absolute Gasteiger partial charge is 0.409 e. The predicted octanol–water partition coefficient (Wildman–Crippen LogP) is 0.666. The number of nitrogens with zero attached hydrogens (tertiary/aromatic N) is 8. The molecule has 0 radical (unpaired) electrons. The number of aromatic nitrogens is 5. The Bertz CT molecular complexity index is 824. The molecule has 1 saturated heterocycles. The lowest BCUT2D eigenvalue weighted by Crippen LogP contribution is -2.48. The Morgan fingerprint density at radius 1 is 1.29 bits per heavy atom. The number of aryl methyl sites for hydroxylation is 2. The summed E-state index contributed by atoms with van der Waals surface area (Å²) < 4.78 is 8.25. The van der Waals surface area contributed by atoms with Crippen LogP contribution in [0, 0.1) is 17.0 Å². The molecule has 1 fully saturated rings. The minimum Gasteiger partial charge on any atom is -0.450 e. The third-order valence-corrected chi connectivity index (χ3v) is 4.64. The van der Waals surface area contributed by atoms with E-state index in [2.05, 4.69) is 20.2 Å². The normalized spacial score (nSPS) is 15.0. The average molecular weight is 392 g/mol. The van der Waals surface area contributed by atoms with Gasteiger partial charge in [-0.25, -0.2) is 19.0 Å². The van der Waals surface area contributed by atoms with E-state index in [1.807, 2.05) is 6.20 Å². The van der Waals surface area contributed by atoms with Crippen LogP contribution >= 0.6 is 0 Å². The van der Waals surface area contributed by atoms with E-state index in [9.17, 15) is 14.9 Å². The van der Waals surface area contributed by atoms with Gasteiger partial charge in [0.05, 0.1) is 18.8 Å². The highest BCUT2D eigenvalue weighted by Crippen LogP contribution is 2.14. The Morgan fingerprint density at radius 2 is 2.04 bits per heavy atom. The quantitative estimate of drug-likeness (QED) is 0.497. The highest BCUT2D eigenvalue weighted by Gasteiger charge is 2.22. The first kappa shape index (κ1) is 19.7. The molecule has 0 unspecified atom stereocenters. The topological polar surface area (TPSA) is 124 Å². The van der Waals surface area contributed by atoms with Crippen LogP contribution in [0.25, 0.3) is 0 Å². The average Bonchev–Trinajstić information content (AvgIpc) is 3.27. The molecular formula is C16H24N8O4. The Balaban J connectivity index is 1.50. The first-order valence-electron chi connectivity index (χ1n) is 9.17. The van der Waals surface area contributed by atoms with E-state index in [0.29, 0.717) is 45.2 Å². The molecule has 2 aromatic heterocycles. The molecule has 12 heteroatoms. The van der Waals surface area contributed by atoms with Crippen LogP contribution in [-0.4, -0.2) is 78.1 Å². The number of hydrogen-bond acceptors (Lipinski definition) is 8. The number of carbonyl (C=O) groups is 1. The van der Waals surface area contributed by atoms with Crippen LogP contribution < -0.4 is 0 Å². The minimum atomic E-state index is -0.442. The molecule has 0 spiro atoms. The van der Waals surface area contributed by atoms with Crippen LogP contribution in [0.4, 0.5) is 10.6 Å². The molecule has 0 saturated carbocycles. The van der Waals surface area contributed by atoms with Crippen molar-refractivity contribution < 1.29 is 14.5 Å². The zero-order valence-electron chi connectivity index (χ0n) is 16.0. The first-order chi connectivity index (χ1) is 13.5. The molecule has 12 nitrogen and oxygen atoms in total. The molecular weight excluding hydrogens is 368 g/mol. The van der Waals surface area contributed by atoms with Gasteiger partial charge in [-0.1, -0.05) is 5.21 Å². The minimum absolute atomic E-state index is 0.0303. The van der Waals surface area contributed by atoms with Gasteiger partial charge in [0, 0.05) is 45.8 Å². The van der Waals surface area contributed by atoms with Crippen LogP contribution in [-0.2, 0) is 24.4 Å². The van der Waals surface area contributed by atoms with Crippen LogP contribution in [0.2, 0.25) is 0 Å². The van der Waals surface area contributed by atoms with E-state index in [4.69, 9.17) is 4.74 Å². The van der Waals surface area contributed by atoms with Crippen LogP contribution in [0.1, 0.15) is 18.4 Å². The van der Waals surface area contributed by atoms with Crippen molar-refractivity contribution in [3.63, 3.8) is 0 Å². The van der Waals surface area contributed by atoms with Crippen molar-refractivity contribution in [2.75, 3.05) is 32.8 Å². The van der Waals surface area contributed by atoms with Crippen molar-refractivity contribution >= 4 is 11.9 Å². The van der Waals surface area contributed by atoms with Gasteiger partial charge in [0.2, 0.25) is 0 Å². The maximum absolute atomic E-state index is 11.7. The van der Waals surface area contributed by atoms with Crippen molar-refractivity contribution in [1.29, 1.82) is 0 Å². The summed E-state index contributed by atoms with van der Waals surface area (Å²) in [4.78, 5) is 30.2. The van der Waals surface area contributed by atoms with E-state index in [-0.39, 0.29) is 11.9 Å². The Morgan fingerprint density at radius 3 is 2.71 bits per heavy atom. The zero-order chi connectivity index (χ0) is 20.1. The lowest BCUT2D eigenvalue weighted by Gasteiger charge is -2.33. The highest BCUT2D eigenvalue weighted by atomic mass is 16.6. The second-order valence-electron chi connectivity index (χ2n) is 6.51. The van der Waals surface area contributed by atoms with Crippen LogP contribution in [0.3, 0.4) is 0 Å². The maximum atomic E-state index is 11.7. The van der Waals surface area contributed by atoms with Gasteiger partial charge in [-0.15, -0.1) is 5.10 Å². The van der Waals surface area contributed by atoms with Gasteiger partial charge >= 0.3 is 11.9 Å². The van der Waals surface area contributed by atoms with E-state index in [0.717, 1.165) is 18.8 Å². The number of rotatable bonds is 7. The summed E-state index contributed by atoms with van der Waals surface area (Å²) in [7, 11) is 0. The van der Waals surface area contributed by atoms with Gasteiger partial charge in [0.15, 0.2) is 5.82 Å². The van der Waals surface area contributed by atoms with Crippen molar-refractivity contribution in [2.24, 2.45) is 0 Å². The Kier molecular flexibility index (Phi) is 6.19. The number of carbonyl (C=O) groups excluding carboxylic acids is 1. The van der Waals surface area contributed by atoms with Crippen molar-refractivity contribution in [1.82, 2.24) is 34.3 Å². The fourth-order valence-corrected chi connectivity index (χ4v) is 3.13. The molecule has 1 amide bonds. The third-order valence-electron chi connectivity index (χ3n) is 4.64. The summed E-state index contributed by atoms with van der Waals surface area (Å²) in [5.41, 5.74) is 0.821. The third kappa shape index (κ3) is 4.63. The van der Waals surface area contributed by atoms with Gasteiger partial charge in [-0.3, -0.25) is 4.90 Å². The molecule has 0 aliphatic carbocycles. The molecule has 3 heterocycles. The number of amides is 1. The van der Waals surface area contributed by atoms with E-state index < -0.39 is 4.92 Å². The van der Waals surface area contributed by atoms with Crippen molar-refractivity contribution in [3.05, 3.63) is 34.0 Å². The SMILES string of the molecule is CCOC(=O)N1CCN(Cc2cn(CCn3c([N+](=O)[O-])cnc3C)nn2)CC1. The highest BCUT2D eigenvalue weighted by molar-refractivity contribution is 5.67. The molecule has 0 aromatic carbocycles. The lowest BCUT2D eigenvalue weighted by atomic mass is 10.3. The summed E-state index contributed by atoms with van der Waals surface area (Å²) in [6.07, 6.45) is 2.84. The molecule has 0 atom stereocenters. The van der Waals surface area contributed by atoms with E-state index >= 15 is 0 Å². The molecule has 0 N–H and O–H groups in total. The standard InChI is InChI=1S/C16H24N8O4/c1-3-28-16(25)21-6-4-20(5-7-21)11-14-12-22(19-18-14)8-9-23-13(2)17-10-15(23)24(26)27/h10,12H,3-9,11H2,1-2H3. The Labute approximate surface area is 161 Å². The summed E-state index contributed by atoms with van der Waals surface area (Å²) in [6, 6.07) is 0. The van der Waals surface area contributed by atoms with Gasteiger partial charge in [-0.05, 0) is 11.8 Å². The second-order valence-corrected chi connectivity index (χ2v) is 6.51. The van der Waals surface area contributed by atoms with Gasteiger partial charge in [0.25, 0.3) is 0 Å². The molecule has 2 aromatic rings. The molecule has 3 rings (SSSR count). The zero-order valence-corrected chi connectivity index (χ0v) is 16.0. The monoisotopic (exact) mass is 392 g/mol. The molecule has 152 valence electrons. The van der Waals surface area contributed by atoms with E-state index in [1.54, 1.807) is 28.0 Å². The summed E-state index contributed by atoms with van der Waals surface area (Å²) >= 11 is 0. The van der Waals surface area contributed by atoms with E-state index in [1.165, 1.54) is 6.20 Å². The number of hydrogen-bond donors (Lipinski definition) is 0. The number of nitro groups is 1. The molecule has 28 heavy (non-hydrogen) atoms. The summed E-state index contributed by atoms with van der Waals surface area (Å²) in [6.45, 7) is 8.13. The molecule has 0 bridgehead atoms. The molecule has 1 aliphatic rings. The van der Waals surface area contributed by atoms with Crippen molar-refractivity contribution in [2.45, 2.75) is 33.5 Å². The number of piperazine rings is 1. The van der Waals surface area contributed by atoms with Crippen LogP contribution in [0.15, 0.2) is 12.4 Å². The first-order valence-corrected chi connectivity index (χ1v) is 9.17. The van der Waals surface area contributed by atoms with Gasteiger partial charge < -0.3 is 19.8 Å². The number of ether oxygens (including phenoxy) is 1. The van der Waals surface area contributed by atoms with Gasteiger partial charge in [0.1, 0.15) is 12.7 Å². The summed E-state index contributed by atoms with van der Waals surface area (Å²) in [5.74, 6) is 0.559. The Hall–Kier alpha value is -3.02. The predicted molar refractivity (Wildman–Crippen MR) is 97.5 cm³/mol. The second kappa shape index (κ2) is 8.78. The maximum Gasteiger partial charge on any atom is 0.409 e. The van der Waals surface area contributed by atoms with Gasteiger partial charge in [-0.2, -0.15) is 0 Å². The largest absolute Gasteiger partial charge is 0.450 e. The van der Waals surface area contributed by atoms with Crippen molar-refractivity contribution in [3.8, 4) is 0 Å². The van der Waals surface area contributed by atoms with Crippen LogP contribution in [0.5, 0.6) is 0 Å².